The van der Waals surface area contributed by atoms with E-state index < -0.39 is 0 Å². The highest BCUT2D eigenvalue weighted by Crippen LogP contribution is 2.45. The van der Waals surface area contributed by atoms with Gasteiger partial charge in [-0.2, -0.15) is 10.1 Å². The number of fused-ring (bicyclic) bond motifs is 4. The van der Waals surface area contributed by atoms with Gasteiger partial charge in [-0.05, 0) is 79.2 Å². The van der Waals surface area contributed by atoms with E-state index in [0.717, 1.165) is 56.3 Å². The molecule has 6 nitrogen and oxygen atoms in total. The fourth-order valence-corrected chi connectivity index (χ4v) is 5.63. The molecular weight excluding hydrogens is 520 g/mol. The number of anilines is 4. The molecule has 0 saturated carbocycles. The van der Waals surface area contributed by atoms with Crippen LogP contribution in [0.2, 0.25) is 0 Å². The first-order valence-electron chi connectivity index (χ1n) is 13.9. The maximum Gasteiger partial charge on any atom is 0.137 e. The van der Waals surface area contributed by atoms with Crippen molar-refractivity contribution in [2.45, 2.75) is 6.92 Å². The predicted molar refractivity (Wildman–Crippen MR) is 168 cm³/mol. The quantitative estimate of drug-likeness (QED) is 0.215. The van der Waals surface area contributed by atoms with Gasteiger partial charge in [-0.1, -0.05) is 54.6 Å². The Labute approximate surface area is 243 Å². The van der Waals surface area contributed by atoms with E-state index >= 15 is 0 Å². The van der Waals surface area contributed by atoms with Crippen molar-refractivity contribution >= 4 is 44.6 Å². The standard InChI is InChI=1S/C36H26N4O2/c1-25-20-21-37-36(22-25)38-32-15-6-5-14-30(32)31-19-18-29(24-35(31)38)41-28-13-9-12-27(23-28)40-34-17-8-7-16-33(34)39(42-40)26-10-3-2-4-11-26/h2-24H,1H3. The van der Waals surface area contributed by atoms with Crippen LogP contribution in [0, 0.1) is 6.92 Å². The molecule has 0 saturated heterocycles. The highest BCUT2D eigenvalue weighted by atomic mass is 16.8. The normalized spacial score (nSPS) is 12.7. The molecular formula is C36H26N4O2. The Morgan fingerprint density at radius 2 is 1.26 bits per heavy atom. The van der Waals surface area contributed by atoms with Crippen molar-refractivity contribution in [3.8, 4) is 17.3 Å². The number of hydrogen-bond acceptors (Lipinski definition) is 5. The first kappa shape index (κ1) is 24.2. The molecule has 0 bridgehead atoms. The van der Waals surface area contributed by atoms with Crippen molar-refractivity contribution in [1.29, 1.82) is 0 Å². The lowest BCUT2D eigenvalue weighted by Crippen LogP contribution is -2.20. The SMILES string of the molecule is Cc1ccnc(-n2c3ccccc3c3ccc(Oc4cccc(N5ON(c6ccccc6)c6ccccc65)c4)cc32)c1. The maximum absolute atomic E-state index is 6.47. The van der Waals surface area contributed by atoms with Crippen LogP contribution >= 0.6 is 0 Å². The summed E-state index contributed by atoms with van der Waals surface area (Å²) in [5, 5.41) is 6.00. The minimum Gasteiger partial charge on any atom is -0.457 e. The molecule has 0 amide bonds. The van der Waals surface area contributed by atoms with Crippen LogP contribution in [0.4, 0.5) is 22.7 Å². The van der Waals surface area contributed by atoms with Crippen LogP contribution in [0.25, 0.3) is 27.6 Å². The third-order valence-electron chi connectivity index (χ3n) is 7.54. The number of nitrogens with zero attached hydrogens (tertiary/aromatic N) is 4. The summed E-state index contributed by atoms with van der Waals surface area (Å²) in [5.74, 6) is 2.33. The minimum absolute atomic E-state index is 0.711. The van der Waals surface area contributed by atoms with Gasteiger partial charge in [0.25, 0.3) is 0 Å². The number of rotatable bonds is 5. The second-order valence-corrected chi connectivity index (χ2v) is 10.3. The van der Waals surface area contributed by atoms with Gasteiger partial charge < -0.3 is 4.74 Å². The number of para-hydroxylation sites is 4. The molecule has 7 aromatic rings. The van der Waals surface area contributed by atoms with Crippen LogP contribution in [0.5, 0.6) is 11.5 Å². The van der Waals surface area contributed by atoms with E-state index in [1.165, 1.54) is 5.39 Å². The van der Waals surface area contributed by atoms with Crippen LogP contribution in [0.15, 0.2) is 140 Å². The van der Waals surface area contributed by atoms with E-state index in [1.54, 1.807) is 0 Å². The average Bonchev–Trinajstić information content (AvgIpc) is 3.58. The summed E-state index contributed by atoms with van der Waals surface area (Å²) >= 11 is 0. The van der Waals surface area contributed by atoms with Gasteiger partial charge in [0.05, 0.1) is 33.8 Å². The van der Waals surface area contributed by atoms with Crippen LogP contribution < -0.4 is 14.9 Å². The topological polar surface area (TPSA) is 42.8 Å². The summed E-state index contributed by atoms with van der Waals surface area (Å²) in [6, 6.07) is 44.9. The van der Waals surface area contributed by atoms with Gasteiger partial charge in [-0.3, -0.25) is 4.57 Å². The molecule has 0 fully saturated rings. The summed E-state index contributed by atoms with van der Waals surface area (Å²) in [5.41, 5.74) is 7.04. The molecule has 1 aliphatic rings. The first-order valence-corrected chi connectivity index (χ1v) is 13.9. The zero-order valence-electron chi connectivity index (χ0n) is 22.9. The molecule has 3 heterocycles. The van der Waals surface area contributed by atoms with Crippen LogP contribution in [0.3, 0.4) is 0 Å². The highest BCUT2D eigenvalue weighted by molar-refractivity contribution is 6.09. The molecule has 0 atom stereocenters. The third kappa shape index (κ3) is 4.05. The zero-order chi connectivity index (χ0) is 28.0. The van der Waals surface area contributed by atoms with E-state index in [2.05, 4.69) is 66.1 Å². The van der Waals surface area contributed by atoms with Gasteiger partial charge in [0, 0.05) is 29.1 Å². The van der Waals surface area contributed by atoms with Gasteiger partial charge in [0.1, 0.15) is 17.3 Å². The Bertz CT molecular complexity index is 2090. The van der Waals surface area contributed by atoms with Gasteiger partial charge in [-0.15, -0.1) is 4.94 Å². The lowest BCUT2D eigenvalue weighted by molar-refractivity contribution is 0.156. The second kappa shape index (κ2) is 9.80. The van der Waals surface area contributed by atoms with Crippen molar-refractivity contribution in [3.05, 3.63) is 145 Å². The van der Waals surface area contributed by atoms with E-state index in [4.69, 9.17) is 14.7 Å². The van der Waals surface area contributed by atoms with Gasteiger partial charge in [-0.25, -0.2) is 4.98 Å². The van der Waals surface area contributed by atoms with E-state index in [0.29, 0.717) is 5.75 Å². The molecule has 0 N–H and O–H groups in total. The monoisotopic (exact) mass is 546 g/mol. The smallest absolute Gasteiger partial charge is 0.137 e. The van der Waals surface area contributed by atoms with Crippen LogP contribution in [0.1, 0.15) is 5.56 Å². The zero-order valence-corrected chi connectivity index (χ0v) is 22.9. The van der Waals surface area contributed by atoms with Crippen LogP contribution in [-0.4, -0.2) is 9.55 Å². The lowest BCUT2D eigenvalue weighted by atomic mass is 10.1. The average molecular weight is 547 g/mol. The number of pyridine rings is 1. The Hall–Kier alpha value is -5.59. The fourth-order valence-electron chi connectivity index (χ4n) is 5.63. The first-order chi connectivity index (χ1) is 20.7. The number of benzene rings is 5. The van der Waals surface area contributed by atoms with Crippen molar-refractivity contribution in [2.24, 2.45) is 0 Å². The largest absolute Gasteiger partial charge is 0.457 e. The van der Waals surface area contributed by atoms with Crippen LogP contribution in [-0.2, 0) is 4.94 Å². The summed E-state index contributed by atoms with van der Waals surface area (Å²) in [4.78, 5) is 11.1. The summed E-state index contributed by atoms with van der Waals surface area (Å²) < 4.78 is 8.67. The summed E-state index contributed by atoms with van der Waals surface area (Å²) in [6.45, 7) is 2.09. The van der Waals surface area contributed by atoms with E-state index in [1.807, 2.05) is 95.2 Å². The molecule has 6 heteroatoms. The molecule has 0 radical (unpaired) electrons. The maximum atomic E-state index is 6.47. The van der Waals surface area contributed by atoms with Gasteiger partial charge in [0.2, 0.25) is 0 Å². The molecule has 0 aliphatic carbocycles. The number of ether oxygens (including phenoxy) is 1. The molecule has 2 aromatic heterocycles. The Balaban J connectivity index is 1.16. The summed E-state index contributed by atoms with van der Waals surface area (Å²) in [6.07, 6.45) is 1.86. The van der Waals surface area contributed by atoms with Crippen molar-refractivity contribution in [3.63, 3.8) is 0 Å². The molecule has 0 spiro atoms. The molecule has 1 aliphatic heterocycles. The Morgan fingerprint density at radius 3 is 2.10 bits per heavy atom. The Kier molecular flexibility index (Phi) is 5.65. The van der Waals surface area contributed by atoms with Crippen molar-refractivity contribution < 1.29 is 9.68 Å². The Morgan fingerprint density at radius 1 is 0.571 bits per heavy atom. The number of aromatic nitrogens is 2. The number of aryl methyl sites for hydroxylation is 1. The molecule has 42 heavy (non-hydrogen) atoms. The van der Waals surface area contributed by atoms with Crippen molar-refractivity contribution in [2.75, 3.05) is 10.1 Å². The molecule has 0 unspecified atom stereocenters. The molecule has 202 valence electrons. The van der Waals surface area contributed by atoms with E-state index in [-0.39, 0.29) is 0 Å². The molecule has 5 aromatic carbocycles. The highest BCUT2D eigenvalue weighted by Gasteiger charge is 2.30. The minimum atomic E-state index is 0.711. The third-order valence-corrected chi connectivity index (χ3v) is 7.54. The number of hydrogen-bond donors (Lipinski definition) is 0. The van der Waals surface area contributed by atoms with Crippen molar-refractivity contribution in [1.82, 2.24) is 9.55 Å². The van der Waals surface area contributed by atoms with Gasteiger partial charge >= 0.3 is 0 Å². The second-order valence-electron chi connectivity index (χ2n) is 10.3. The molecule has 8 rings (SSSR count). The summed E-state index contributed by atoms with van der Waals surface area (Å²) in [7, 11) is 0. The van der Waals surface area contributed by atoms with E-state index in [9.17, 15) is 0 Å². The van der Waals surface area contributed by atoms with Gasteiger partial charge in [0.15, 0.2) is 0 Å². The lowest BCUT2D eigenvalue weighted by Gasteiger charge is -2.20. The predicted octanol–water partition coefficient (Wildman–Crippen LogP) is 9.42. The fraction of sp³-hybridized carbons (Fsp3) is 0.0278.